The Bertz CT molecular complexity index is 394. The quantitative estimate of drug-likeness (QED) is 0.826. The fourth-order valence-corrected chi connectivity index (χ4v) is 2.14. The minimum Gasteiger partial charge on any atom is -0.389 e. The molecule has 0 aliphatic carbocycles. The van der Waals surface area contributed by atoms with Crippen LogP contribution in [-0.4, -0.2) is 31.9 Å². The van der Waals surface area contributed by atoms with Crippen molar-refractivity contribution in [3.63, 3.8) is 0 Å². The lowest BCUT2D eigenvalue weighted by molar-refractivity contribution is 0.196. The summed E-state index contributed by atoms with van der Waals surface area (Å²) >= 11 is 0. The molecule has 108 valence electrons. The second kappa shape index (κ2) is 7.46. The molecule has 3 nitrogen and oxygen atoms in total. The van der Waals surface area contributed by atoms with E-state index in [2.05, 4.69) is 13.8 Å². The average Bonchev–Trinajstić information content (AvgIpc) is 2.33. The molecule has 1 aromatic rings. The number of hydrogen-bond donors (Lipinski definition) is 1. The van der Waals surface area contributed by atoms with E-state index in [0.717, 1.165) is 6.54 Å². The molecule has 0 fully saturated rings. The zero-order chi connectivity index (χ0) is 14.4. The van der Waals surface area contributed by atoms with Gasteiger partial charge in [0, 0.05) is 25.8 Å². The van der Waals surface area contributed by atoms with Crippen molar-refractivity contribution in [2.45, 2.75) is 26.9 Å². The third kappa shape index (κ3) is 4.48. The van der Waals surface area contributed by atoms with Crippen LogP contribution in [0.2, 0.25) is 0 Å². The van der Waals surface area contributed by atoms with Gasteiger partial charge in [0.25, 0.3) is 0 Å². The molecule has 1 rings (SSSR count). The standard InChI is InChI=1S/C15H24FNO2/c1-11(2)10-17(8-9-19-4)15-13(12(3)18)6-5-7-14(15)16/h5-7,11-12,18H,8-10H2,1-4H3. The highest BCUT2D eigenvalue weighted by Gasteiger charge is 2.19. The molecular weight excluding hydrogens is 245 g/mol. The van der Waals surface area contributed by atoms with Gasteiger partial charge in [0.2, 0.25) is 0 Å². The summed E-state index contributed by atoms with van der Waals surface area (Å²) < 4.78 is 19.2. The van der Waals surface area contributed by atoms with Crippen LogP contribution in [0.1, 0.15) is 32.4 Å². The van der Waals surface area contributed by atoms with E-state index < -0.39 is 6.10 Å². The van der Waals surface area contributed by atoms with Crippen molar-refractivity contribution in [1.29, 1.82) is 0 Å². The van der Waals surface area contributed by atoms with Crippen LogP contribution in [0.15, 0.2) is 18.2 Å². The summed E-state index contributed by atoms with van der Waals surface area (Å²) in [6, 6.07) is 4.83. The lowest BCUT2D eigenvalue weighted by Crippen LogP contribution is -2.32. The van der Waals surface area contributed by atoms with Crippen LogP contribution in [0.5, 0.6) is 0 Å². The molecule has 0 heterocycles. The average molecular weight is 269 g/mol. The first-order chi connectivity index (χ1) is 8.97. The zero-order valence-electron chi connectivity index (χ0n) is 12.2. The molecule has 1 unspecified atom stereocenters. The maximum absolute atomic E-state index is 14.1. The summed E-state index contributed by atoms with van der Waals surface area (Å²) in [4.78, 5) is 1.95. The molecule has 0 saturated carbocycles. The number of rotatable bonds is 7. The van der Waals surface area contributed by atoms with Gasteiger partial charge in [-0.25, -0.2) is 4.39 Å². The highest BCUT2D eigenvalue weighted by Crippen LogP contribution is 2.29. The van der Waals surface area contributed by atoms with Crippen molar-refractivity contribution >= 4 is 5.69 Å². The van der Waals surface area contributed by atoms with Gasteiger partial charge in [-0.3, -0.25) is 0 Å². The van der Waals surface area contributed by atoms with E-state index in [4.69, 9.17) is 4.74 Å². The fraction of sp³-hybridized carbons (Fsp3) is 0.600. The lowest BCUT2D eigenvalue weighted by atomic mass is 10.1. The Morgan fingerprint density at radius 1 is 1.32 bits per heavy atom. The number of benzene rings is 1. The number of aliphatic hydroxyl groups excluding tert-OH is 1. The summed E-state index contributed by atoms with van der Waals surface area (Å²) in [5.74, 6) is 0.105. The van der Waals surface area contributed by atoms with Gasteiger partial charge in [-0.05, 0) is 18.9 Å². The first-order valence-corrected chi connectivity index (χ1v) is 6.67. The number of hydrogen-bond acceptors (Lipinski definition) is 3. The number of ether oxygens (including phenoxy) is 1. The van der Waals surface area contributed by atoms with Crippen LogP contribution >= 0.6 is 0 Å². The maximum atomic E-state index is 14.1. The Balaban J connectivity index is 3.12. The van der Waals surface area contributed by atoms with Crippen molar-refractivity contribution in [2.24, 2.45) is 5.92 Å². The molecule has 1 aromatic carbocycles. The SMILES string of the molecule is COCCN(CC(C)C)c1c(F)cccc1C(C)O. The van der Waals surface area contributed by atoms with Crippen molar-refractivity contribution in [2.75, 3.05) is 31.7 Å². The van der Waals surface area contributed by atoms with E-state index >= 15 is 0 Å². The van der Waals surface area contributed by atoms with Gasteiger partial charge >= 0.3 is 0 Å². The van der Waals surface area contributed by atoms with Crippen LogP contribution in [0.25, 0.3) is 0 Å². The number of anilines is 1. The van der Waals surface area contributed by atoms with Crippen LogP contribution < -0.4 is 4.90 Å². The Morgan fingerprint density at radius 2 is 2.00 bits per heavy atom. The van der Waals surface area contributed by atoms with Crippen molar-refractivity contribution < 1.29 is 14.2 Å². The third-order valence-electron chi connectivity index (χ3n) is 2.94. The molecule has 1 N–H and O–H groups in total. The van der Waals surface area contributed by atoms with E-state index in [-0.39, 0.29) is 5.82 Å². The van der Waals surface area contributed by atoms with Gasteiger partial charge in [-0.2, -0.15) is 0 Å². The lowest BCUT2D eigenvalue weighted by Gasteiger charge is -2.29. The smallest absolute Gasteiger partial charge is 0.146 e. The summed E-state index contributed by atoms with van der Waals surface area (Å²) in [6.45, 7) is 7.69. The number of para-hydroxylation sites is 1. The molecule has 0 aliphatic heterocycles. The molecule has 0 radical (unpaired) electrons. The predicted molar refractivity (Wildman–Crippen MR) is 76.0 cm³/mol. The summed E-state index contributed by atoms with van der Waals surface area (Å²) in [6.07, 6.45) is -0.692. The number of nitrogens with zero attached hydrogens (tertiary/aromatic N) is 1. The highest BCUT2D eigenvalue weighted by molar-refractivity contribution is 5.55. The van der Waals surface area contributed by atoms with E-state index in [1.54, 1.807) is 26.2 Å². The molecule has 1 atom stereocenters. The van der Waals surface area contributed by atoms with Gasteiger partial charge in [0.15, 0.2) is 0 Å². The molecule has 0 bridgehead atoms. The second-order valence-electron chi connectivity index (χ2n) is 5.19. The van der Waals surface area contributed by atoms with Crippen molar-refractivity contribution in [1.82, 2.24) is 0 Å². The number of aliphatic hydroxyl groups is 1. The first kappa shape index (κ1) is 15.9. The van der Waals surface area contributed by atoms with Crippen molar-refractivity contribution in [3.8, 4) is 0 Å². The third-order valence-corrected chi connectivity index (χ3v) is 2.94. The maximum Gasteiger partial charge on any atom is 0.146 e. The Labute approximate surface area is 115 Å². The molecule has 0 aromatic heterocycles. The van der Waals surface area contributed by atoms with Gasteiger partial charge in [-0.15, -0.1) is 0 Å². The molecule has 0 amide bonds. The van der Waals surface area contributed by atoms with Crippen molar-refractivity contribution in [3.05, 3.63) is 29.6 Å². The van der Waals surface area contributed by atoms with E-state index in [0.29, 0.717) is 30.3 Å². The molecule has 0 saturated heterocycles. The minimum atomic E-state index is -0.692. The Kier molecular flexibility index (Phi) is 6.25. The van der Waals surface area contributed by atoms with Gasteiger partial charge in [0.1, 0.15) is 5.82 Å². The zero-order valence-corrected chi connectivity index (χ0v) is 12.2. The monoisotopic (exact) mass is 269 g/mol. The Hall–Kier alpha value is -1.13. The topological polar surface area (TPSA) is 32.7 Å². The van der Waals surface area contributed by atoms with Crippen LogP contribution in [0.4, 0.5) is 10.1 Å². The van der Waals surface area contributed by atoms with Crippen LogP contribution in [0, 0.1) is 11.7 Å². The molecule has 0 spiro atoms. The molecular formula is C15H24FNO2. The van der Waals surface area contributed by atoms with Gasteiger partial charge in [0.05, 0.1) is 18.4 Å². The second-order valence-corrected chi connectivity index (χ2v) is 5.19. The highest BCUT2D eigenvalue weighted by atomic mass is 19.1. The normalized spacial score (nSPS) is 12.8. The largest absolute Gasteiger partial charge is 0.389 e. The Morgan fingerprint density at radius 3 is 2.53 bits per heavy atom. The minimum absolute atomic E-state index is 0.296. The molecule has 19 heavy (non-hydrogen) atoms. The summed E-state index contributed by atoms with van der Waals surface area (Å²) in [5.41, 5.74) is 1.11. The van der Waals surface area contributed by atoms with Gasteiger partial charge in [-0.1, -0.05) is 26.0 Å². The predicted octanol–water partition coefficient (Wildman–Crippen LogP) is 2.99. The number of methoxy groups -OCH3 is 1. The molecule has 0 aliphatic rings. The van der Waals surface area contributed by atoms with Crippen LogP contribution in [-0.2, 0) is 4.74 Å². The number of halogens is 1. The van der Waals surface area contributed by atoms with Crippen LogP contribution in [0.3, 0.4) is 0 Å². The summed E-state index contributed by atoms with van der Waals surface area (Å²) in [7, 11) is 1.63. The summed E-state index contributed by atoms with van der Waals surface area (Å²) in [5, 5.41) is 9.81. The van der Waals surface area contributed by atoms with E-state index in [9.17, 15) is 9.50 Å². The molecule has 4 heteroatoms. The van der Waals surface area contributed by atoms with Gasteiger partial charge < -0.3 is 14.7 Å². The first-order valence-electron chi connectivity index (χ1n) is 6.67. The van der Waals surface area contributed by atoms with E-state index in [1.807, 2.05) is 4.90 Å². The van der Waals surface area contributed by atoms with E-state index in [1.165, 1.54) is 6.07 Å². The fourth-order valence-electron chi connectivity index (χ4n) is 2.14.